The smallest absolute Gasteiger partial charge is 0.322 e. The fraction of sp³-hybridized carbons (Fsp3) is 0.150. The number of halogens is 2. The highest BCUT2D eigenvalue weighted by Gasteiger charge is 2.30. The quantitative estimate of drug-likeness (QED) is 0.507. The van der Waals surface area contributed by atoms with E-state index in [1.807, 2.05) is 0 Å². The Morgan fingerprint density at radius 2 is 2.16 bits per heavy atom. The number of pyridine rings is 1. The highest BCUT2D eigenvalue weighted by Crippen LogP contribution is 2.39. The van der Waals surface area contributed by atoms with Crippen LogP contribution in [0, 0.1) is 6.57 Å². The maximum absolute atomic E-state index is 12.8. The van der Waals surface area contributed by atoms with Crippen molar-refractivity contribution in [3.8, 4) is 17.0 Å². The molecule has 4 rings (SSSR count). The van der Waals surface area contributed by atoms with Crippen molar-refractivity contribution in [3.05, 3.63) is 62.6 Å². The molecule has 1 aliphatic heterocycles. The predicted molar refractivity (Wildman–Crippen MR) is 120 cm³/mol. The first-order chi connectivity index (χ1) is 14.9. The maximum Gasteiger partial charge on any atom is 0.322 e. The van der Waals surface area contributed by atoms with Gasteiger partial charge in [-0.2, -0.15) is 0 Å². The number of fused-ring (bicyclic) bond motifs is 1. The summed E-state index contributed by atoms with van der Waals surface area (Å²) >= 11 is 9.88. The lowest BCUT2D eigenvalue weighted by molar-refractivity contribution is 0.212. The van der Waals surface area contributed by atoms with Crippen molar-refractivity contribution in [1.29, 1.82) is 0 Å². The van der Waals surface area contributed by atoms with Crippen LogP contribution in [-0.4, -0.2) is 33.0 Å². The topological polar surface area (TPSA) is 111 Å². The second-order valence-corrected chi connectivity index (χ2v) is 7.89. The molecule has 0 fully saturated rings. The van der Waals surface area contributed by atoms with Gasteiger partial charge in [0, 0.05) is 11.1 Å². The fourth-order valence-electron chi connectivity index (χ4n) is 3.24. The lowest BCUT2D eigenvalue weighted by atomic mass is 10.1. The first kappa shape index (κ1) is 20.8. The van der Waals surface area contributed by atoms with Gasteiger partial charge in [-0.25, -0.2) is 14.8 Å². The Hall–Kier alpha value is -3.42. The van der Waals surface area contributed by atoms with E-state index in [-0.39, 0.29) is 30.9 Å². The zero-order chi connectivity index (χ0) is 22.1. The first-order valence-corrected chi connectivity index (χ1v) is 10.1. The third kappa shape index (κ3) is 4.10. The second-order valence-electron chi connectivity index (χ2n) is 6.63. The molecule has 2 aromatic heterocycles. The van der Waals surface area contributed by atoms with Crippen molar-refractivity contribution < 1.29 is 9.53 Å². The fourth-order valence-corrected chi connectivity index (χ4v) is 4.13. The molecule has 9 nitrogen and oxygen atoms in total. The van der Waals surface area contributed by atoms with Crippen molar-refractivity contribution in [2.75, 3.05) is 18.2 Å². The summed E-state index contributed by atoms with van der Waals surface area (Å²) < 4.78 is 6.08. The molecule has 0 radical (unpaired) electrons. The molecule has 1 aromatic carbocycles. The van der Waals surface area contributed by atoms with Crippen molar-refractivity contribution >= 4 is 51.0 Å². The molecular weight excluding hydrogens is 486 g/mol. The number of carbonyl (C=O) groups is 1. The molecule has 0 atom stereocenters. The van der Waals surface area contributed by atoms with Crippen LogP contribution in [-0.2, 0) is 13.1 Å². The van der Waals surface area contributed by atoms with Gasteiger partial charge in [0.05, 0.1) is 46.8 Å². The van der Waals surface area contributed by atoms with Crippen LogP contribution >= 0.6 is 27.5 Å². The number of methoxy groups -OCH3 is 1. The summed E-state index contributed by atoms with van der Waals surface area (Å²) in [6.07, 6.45) is 1.44. The lowest BCUT2D eigenvalue weighted by Crippen LogP contribution is -2.30. The maximum atomic E-state index is 12.8. The molecule has 3 N–H and O–H groups in total. The van der Waals surface area contributed by atoms with Gasteiger partial charge in [0.25, 0.3) is 5.82 Å². The third-order valence-electron chi connectivity index (χ3n) is 4.70. The Morgan fingerprint density at radius 3 is 2.84 bits per heavy atom. The number of ether oxygens (including phenoxy) is 1. The van der Waals surface area contributed by atoms with Crippen molar-refractivity contribution in [3.63, 3.8) is 0 Å². The number of rotatable bonds is 3. The Kier molecular flexibility index (Phi) is 5.63. The monoisotopic (exact) mass is 499 g/mol. The average molecular weight is 501 g/mol. The van der Waals surface area contributed by atoms with Crippen LogP contribution in [0.15, 0.2) is 34.9 Å². The van der Waals surface area contributed by atoms with Crippen LogP contribution in [0.25, 0.3) is 16.1 Å². The Morgan fingerprint density at radius 1 is 1.35 bits per heavy atom. The van der Waals surface area contributed by atoms with Crippen LogP contribution in [0.2, 0.25) is 5.02 Å². The first-order valence-electron chi connectivity index (χ1n) is 8.97. The minimum atomic E-state index is -0.334. The van der Waals surface area contributed by atoms with Gasteiger partial charge in [0.15, 0.2) is 0 Å². The van der Waals surface area contributed by atoms with E-state index in [0.29, 0.717) is 37.9 Å². The van der Waals surface area contributed by atoms with E-state index in [2.05, 4.69) is 41.0 Å². The van der Waals surface area contributed by atoms with Gasteiger partial charge in [-0.3, -0.25) is 0 Å². The van der Waals surface area contributed by atoms with E-state index in [1.54, 1.807) is 30.2 Å². The van der Waals surface area contributed by atoms with Crippen LogP contribution in [0.5, 0.6) is 5.75 Å². The van der Waals surface area contributed by atoms with Gasteiger partial charge in [-0.05, 0) is 40.2 Å². The summed E-state index contributed by atoms with van der Waals surface area (Å²) in [6.45, 7) is 7.49. The standard InChI is InChI=1S/C20H15BrClN7O2/c1-24-17-4-3-10(7-25-17)26-20(30)29-8-12-15(9-29)27-19(23)28-18(12)11-5-16(31-2)13(21)6-14(11)22/h3-7H,8-9H2,2H3,(H,26,30)(H2,23,27,28). The number of benzene rings is 1. The molecular formula is C20H15BrClN7O2. The molecule has 156 valence electrons. The number of nitrogens with one attached hydrogen (secondary N) is 1. The normalized spacial score (nSPS) is 12.3. The van der Waals surface area contributed by atoms with Gasteiger partial charge >= 0.3 is 6.03 Å². The van der Waals surface area contributed by atoms with E-state index in [4.69, 9.17) is 28.6 Å². The largest absolute Gasteiger partial charge is 0.496 e. The SMILES string of the molecule is [C-]#[N+]c1ccc(NC(=O)N2Cc3nc(N)nc(-c4cc(OC)c(Br)cc4Cl)c3C2)cn1. The number of hydrogen-bond donors (Lipinski definition) is 2. The molecule has 1 aliphatic rings. The van der Waals surface area contributed by atoms with E-state index in [9.17, 15) is 4.79 Å². The lowest BCUT2D eigenvalue weighted by Gasteiger charge is -2.16. The number of nitrogens with two attached hydrogens (primary N) is 1. The zero-order valence-corrected chi connectivity index (χ0v) is 18.5. The van der Waals surface area contributed by atoms with Crippen LogP contribution < -0.4 is 15.8 Å². The van der Waals surface area contributed by atoms with E-state index in [1.165, 1.54) is 12.3 Å². The molecule has 0 bridgehead atoms. The van der Waals surface area contributed by atoms with Gasteiger partial charge in [-0.1, -0.05) is 18.2 Å². The number of anilines is 2. The van der Waals surface area contributed by atoms with Crippen molar-refractivity contribution in [1.82, 2.24) is 19.9 Å². The summed E-state index contributed by atoms with van der Waals surface area (Å²) in [5, 5.41) is 3.23. The van der Waals surface area contributed by atoms with Crippen molar-refractivity contribution in [2.24, 2.45) is 0 Å². The van der Waals surface area contributed by atoms with Crippen molar-refractivity contribution in [2.45, 2.75) is 13.1 Å². The molecule has 0 spiro atoms. The number of carbonyl (C=O) groups excluding carboxylic acids is 1. The van der Waals surface area contributed by atoms with E-state index in [0.717, 1.165) is 5.56 Å². The van der Waals surface area contributed by atoms with E-state index < -0.39 is 0 Å². The highest BCUT2D eigenvalue weighted by atomic mass is 79.9. The summed E-state index contributed by atoms with van der Waals surface area (Å²) in [7, 11) is 1.56. The number of aromatic nitrogens is 3. The summed E-state index contributed by atoms with van der Waals surface area (Å²) in [5.41, 5.74) is 9.02. The van der Waals surface area contributed by atoms with Crippen LogP contribution in [0.3, 0.4) is 0 Å². The number of amides is 2. The molecule has 3 aromatic rings. The number of urea groups is 1. The second kappa shape index (κ2) is 8.37. The molecule has 31 heavy (non-hydrogen) atoms. The number of nitrogen functional groups attached to an aromatic ring is 1. The summed E-state index contributed by atoms with van der Waals surface area (Å²) in [5.74, 6) is 0.935. The van der Waals surface area contributed by atoms with E-state index >= 15 is 0 Å². The van der Waals surface area contributed by atoms with Crippen LogP contribution in [0.1, 0.15) is 11.3 Å². The Bertz CT molecular complexity index is 1230. The van der Waals surface area contributed by atoms with Gasteiger partial charge < -0.3 is 25.5 Å². The molecule has 0 saturated carbocycles. The summed E-state index contributed by atoms with van der Waals surface area (Å²) in [6, 6.07) is 6.31. The third-order valence-corrected chi connectivity index (χ3v) is 5.63. The average Bonchev–Trinajstić information content (AvgIpc) is 3.18. The molecule has 0 unspecified atom stereocenters. The molecule has 0 saturated heterocycles. The minimum Gasteiger partial charge on any atom is -0.496 e. The van der Waals surface area contributed by atoms with Gasteiger partial charge in [0.1, 0.15) is 11.9 Å². The van der Waals surface area contributed by atoms with Gasteiger partial charge in [-0.15, -0.1) is 4.98 Å². The Labute approximate surface area is 191 Å². The minimum absolute atomic E-state index is 0.0906. The highest BCUT2D eigenvalue weighted by molar-refractivity contribution is 9.10. The number of nitrogens with zero attached hydrogens (tertiary/aromatic N) is 5. The van der Waals surface area contributed by atoms with Crippen LogP contribution in [0.4, 0.5) is 22.2 Å². The molecule has 11 heteroatoms. The predicted octanol–water partition coefficient (Wildman–Crippen LogP) is 4.64. The number of hydrogen-bond acceptors (Lipinski definition) is 6. The zero-order valence-electron chi connectivity index (χ0n) is 16.2. The molecule has 3 heterocycles. The van der Waals surface area contributed by atoms with Gasteiger partial charge in [0.2, 0.25) is 5.95 Å². The molecule has 0 aliphatic carbocycles. The molecule has 2 amide bonds. The Balaban J connectivity index is 1.63. The summed E-state index contributed by atoms with van der Waals surface area (Å²) in [4.78, 5) is 30.2.